The van der Waals surface area contributed by atoms with E-state index >= 15 is 0 Å². The van der Waals surface area contributed by atoms with E-state index in [4.69, 9.17) is 0 Å². The van der Waals surface area contributed by atoms with Gasteiger partial charge in [-0.2, -0.15) is 0 Å². The molecule has 0 radical (unpaired) electrons. The Labute approximate surface area is 72.4 Å². The Morgan fingerprint density at radius 1 is 1.25 bits per heavy atom. The zero-order valence-corrected chi connectivity index (χ0v) is 9.67. The molecular weight excluding hydrogens is 221 g/mol. The molecule has 0 bridgehead atoms. The predicted molar refractivity (Wildman–Crippen MR) is 49.8 cm³/mol. The van der Waals surface area contributed by atoms with Crippen molar-refractivity contribution in [3.05, 3.63) is 12.4 Å². The maximum Gasteiger partial charge on any atom is 0.364 e. The fraction of sp³-hybridized carbons (Fsp3) is 0.500. The van der Waals surface area contributed by atoms with Crippen LogP contribution in [0.1, 0.15) is 0 Å². The molecule has 0 aliphatic carbocycles. The second-order valence-corrected chi connectivity index (χ2v) is 6.76. The van der Waals surface area contributed by atoms with E-state index in [-0.39, 0.29) is 0 Å². The molecule has 8 heteroatoms. The van der Waals surface area contributed by atoms with Crippen LogP contribution in [0.2, 0.25) is 0 Å². The molecule has 0 aromatic rings. The molecule has 0 rings (SSSR count). The molecule has 0 aromatic heterocycles. The lowest BCUT2D eigenvalue weighted by Crippen LogP contribution is -1.79. The van der Waals surface area contributed by atoms with Gasteiger partial charge in [-0.3, -0.25) is 13.7 Å². The first-order valence-corrected chi connectivity index (χ1v) is 8.28. The highest BCUT2D eigenvalue weighted by atomic mass is 31.3. The molecule has 5 nitrogen and oxygen atoms in total. The third-order valence-corrected chi connectivity index (χ3v) is 5.28. The van der Waals surface area contributed by atoms with Gasteiger partial charge in [-0.25, -0.2) is 8.62 Å². The summed E-state index contributed by atoms with van der Waals surface area (Å²) in [6.45, 7) is 5.70. The van der Waals surface area contributed by atoms with Crippen LogP contribution in [0.25, 0.3) is 0 Å². The van der Waals surface area contributed by atoms with Crippen LogP contribution in [0.5, 0.6) is 0 Å². The second kappa shape index (κ2) is 5.16. The lowest BCUT2D eigenvalue weighted by molar-refractivity contribution is 0.405. The van der Waals surface area contributed by atoms with Gasteiger partial charge in [0.1, 0.15) is 0 Å². The summed E-state index contributed by atoms with van der Waals surface area (Å²) in [4.78, 5) is 0. The molecule has 0 saturated heterocycles. The smallest absolute Gasteiger partial charge is 0.296 e. The van der Waals surface area contributed by atoms with Crippen molar-refractivity contribution in [3.63, 3.8) is 0 Å². The van der Waals surface area contributed by atoms with Crippen LogP contribution < -0.4 is 0 Å². The predicted octanol–water partition coefficient (Wildman–Crippen LogP) is 2.57. The molecule has 0 saturated carbocycles. The minimum atomic E-state index is -3.58. The van der Waals surface area contributed by atoms with Gasteiger partial charge in [-0.15, -0.1) is 0 Å². The largest absolute Gasteiger partial charge is 0.364 e. The Bertz CT molecular complexity index is 239. The standard InChI is InChI=1S/C4H11O5P3/c1-4-12(7,8-10(2)5)9-11(3)6/h4,10-11H,1H2,2-3H3. The average Bonchev–Trinajstić information content (AvgIpc) is 1.83. The third-order valence-electron chi connectivity index (χ3n) is 0.735. The summed E-state index contributed by atoms with van der Waals surface area (Å²) in [5.74, 6) is 0.894. The van der Waals surface area contributed by atoms with Crippen LogP contribution in [0.4, 0.5) is 0 Å². The number of rotatable bonds is 5. The minimum Gasteiger partial charge on any atom is -0.296 e. The van der Waals surface area contributed by atoms with Crippen molar-refractivity contribution in [1.29, 1.82) is 0 Å². The van der Waals surface area contributed by atoms with E-state index in [1.165, 1.54) is 13.3 Å². The topological polar surface area (TPSA) is 69.7 Å². The van der Waals surface area contributed by atoms with E-state index in [2.05, 4.69) is 15.2 Å². The number of hydrogen-bond donors (Lipinski definition) is 0. The fourth-order valence-electron chi connectivity index (χ4n) is 0.452. The lowest BCUT2D eigenvalue weighted by atomic mass is 11.3. The summed E-state index contributed by atoms with van der Waals surface area (Å²) in [7, 11) is -8.34. The molecule has 0 aliphatic rings. The fourth-order valence-corrected chi connectivity index (χ4v) is 4.40. The van der Waals surface area contributed by atoms with E-state index in [9.17, 15) is 13.7 Å². The summed E-state index contributed by atoms with van der Waals surface area (Å²) in [6, 6.07) is 0. The molecule has 0 N–H and O–H groups in total. The van der Waals surface area contributed by atoms with Crippen LogP contribution in [-0.4, -0.2) is 13.3 Å². The molecule has 72 valence electrons. The van der Waals surface area contributed by atoms with Crippen LogP contribution in [0.3, 0.4) is 0 Å². The van der Waals surface area contributed by atoms with Crippen LogP contribution in [-0.2, 0) is 22.3 Å². The highest BCUT2D eigenvalue weighted by Gasteiger charge is 2.22. The molecule has 2 unspecified atom stereocenters. The van der Waals surface area contributed by atoms with E-state index in [0.717, 1.165) is 5.82 Å². The molecule has 0 fully saturated rings. The first kappa shape index (κ1) is 12.3. The van der Waals surface area contributed by atoms with Crippen LogP contribution in [0.15, 0.2) is 12.4 Å². The quantitative estimate of drug-likeness (QED) is 0.681. The molecule has 2 atom stereocenters. The summed E-state index contributed by atoms with van der Waals surface area (Å²) < 4.78 is 41.4. The maximum absolute atomic E-state index is 11.3. The van der Waals surface area contributed by atoms with Crippen molar-refractivity contribution in [3.8, 4) is 0 Å². The van der Waals surface area contributed by atoms with E-state index < -0.39 is 23.7 Å². The maximum atomic E-state index is 11.3. The first-order valence-electron chi connectivity index (χ1n) is 3.03. The molecule has 0 spiro atoms. The van der Waals surface area contributed by atoms with Crippen molar-refractivity contribution in [1.82, 2.24) is 0 Å². The zero-order chi connectivity index (χ0) is 9.78. The summed E-state index contributed by atoms with van der Waals surface area (Å²) in [5.41, 5.74) is 0. The minimum absolute atomic E-state index is 0.894. The molecule has 0 heterocycles. The molecular formula is C4H11O5P3. The number of hydrogen-bond acceptors (Lipinski definition) is 5. The van der Waals surface area contributed by atoms with Gasteiger partial charge in [0.05, 0.1) is 0 Å². The highest BCUT2D eigenvalue weighted by Crippen LogP contribution is 2.60. The first-order chi connectivity index (χ1) is 5.39. The van der Waals surface area contributed by atoms with E-state index in [0.29, 0.717) is 0 Å². The van der Waals surface area contributed by atoms with E-state index in [1.54, 1.807) is 0 Å². The Morgan fingerprint density at radius 3 is 1.75 bits per heavy atom. The van der Waals surface area contributed by atoms with Gasteiger partial charge in [0, 0.05) is 19.1 Å². The zero-order valence-electron chi connectivity index (χ0n) is 6.77. The van der Waals surface area contributed by atoms with Crippen LogP contribution in [0, 0.1) is 0 Å². The van der Waals surface area contributed by atoms with Crippen molar-refractivity contribution in [2.24, 2.45) is 0 Å². The van der Waals surface area contributed by atoms with Crippen LogP contribution >= 0.6 is 23.7 Å². The Morgan fingerprint density at radius 2 is 1.58 bits per heavy atom. The van der Waals surface area contributed by atoms with Gasteiger partial charge in [0.15, 0.2) is 16.1 Å². The Balaban J connectivity index is 4.46. The van der Waals surface area contributed by atoms with Gasteiger partial charge in [-0.1, -0.05) is 6.58 Å². The lowest BCUT2D eigenvalue weighted by Gasteiger charge is -2.10. The van der Waals surface area contributed by atoms with Crippen molar-refractivity contribution in [2.75, 3.05) is 13.3 Å². The Kier molecular flexibility index (Phi) is 5.31. The van der Waals surface area contributed by atoms with Gasteiger partial charge in [0.2, 0.25) is 0 Å². The van der Waals surface area contributed by atoms with Gasteiger partial charge in [-0.05, 0) is 0 Å². The van der Waals surface area contributed by atoms with E-state index in [1.807, 2.05) is 0 Å². The summed E-state index contributed by atoms with van der Waals surface area (Å²) in [5, 5.41) is 0. The van der Waals surface area contributed by atoms with Crippen molar-refractivity contribution < 1.29 is 22.3 Å². The molecule has 0 aromatic carbocycles. The van der Waals surface area contributed by atoms with Gasteiger partial charge in [0.25, 0.3) is 0 Å². The molecule has 0 aliphatic heterocycles. The Hall–Kier alpha value is 0.350. The molecule has 12 heavy (non-hydrogen) atoms. The monoisotopic (exact) mass is 232 g/mol. The SMILES string of the molecule is C=CP(=O)(O[PH](C)=O)O[PH](C)=O. The van der Waals surface area contributed by atoms with Gasteiger partial charge < -0.3 is 0 Å². The normalized spacial score (nSPS) is 20.8. The van der Waals surface area contributed by atoms with Crippen molar-refractivity contribution in [2.45, 2.75) is 0 Å². The second-order valence-electron chi connectivity index (χ2n) is 1.89. The average molecular weight is 232 g/mol. The highest BCUT2D eigenvalue weighted by molar-refractivity contribution is 7.68. The molecule has 0 amide bonds. The van der Waals surface area contributed by atoms with Crippen molar-refractivity contribution >= 4 is 23.7 Å². The summed E-state index contributed by atoms with van der Waals surface area (Å²) in [6.07, 6.45) is 0. The van der Waals surface area contributed by atoms with Gasteiger partial charge >= 0.3 is 7.60 Å². The summed E-state index contributed by atoms with van der Waals surface area (Å²) >= 11 is 0. The third kappa shape index (κ3) is 5.08.